The second-order valence-electron chi connectivity index (χ2n) is 5.28. The van der Waals surface area contributed by atoms with Crippen molar-refractivity contribution in [1.82, 2.24) is 4.57 Å². The zero-order chi connectivity index (χ0) is 14.7. The Morgan fingerprint density at radius 1 is 1.25 bits per heavy atom. The van der Waals surface area contributed by atoms with Gasteiger partial charge in [0, 0.05) is 23.9 Å². The molecule has 0 bridgehead atoms. The van der Waals surface area contributed by atoms with Crippen molar-refractivity contribution in [3.8, 4) is 0 Å². The van der Waals surface area contributed by atoms with Crippen LogP contribution in [-0.2, 0) is 11.2 Å². The summed E-state index contributed by atoms with van der Waals surface area (Å²) in [6, 6.07) is 7.76. The molecular formula is C16H19NO3. The van der Waals surface area contributed by atoms with E-state index in [-0.39, 0.29) is 18.2 Å². The molecule has 20 heavy (non-hydrogen) atoms. The topological polar surface area (TPSA) is 59.3 Å². The second-order valence-corrected chi connectivity index (χ2v) is 5.28. The van der Waals surface area contributed by atoms with Crippen LogP contribution in [0.2, 0.25) is 0 Å². The number of carbonyl (C=O) groups excluding carboxylic acids is 1. The van der Waals surface area contributed by atoms with Crippen molar-refractivity contribution >= 4 is 22.8 Å². The summed E-state index contributed by atoms with van der Waals surface area (Å²) in [5.41, 5.74) is 1.94. The highest BCUT2D eigenvalue weighted by Gasteiger charge is 2.15. The summed E-state index contributed by atoms with van der Waals surface area (Å²) in [7, 11) is 0. The van der Waals surface area contributed by atoms with Crippen LogP contribution in [0.5, 0.6) is 0 Å². The number of hydrogen-bond donors (Lipinski definition) is 1. The van der Waals surface area contributed by atoms with E-state index in [0.29, 0.717) is 12.8 Å². The van der Waals surface area contributed by atoms with Crippen molar-refractivity contribution in [1.29, 1.82) is 0 Å². The van der Waals surface area contributed by atoms with E-state index in [0.717, 1.165) is 16.5 Å². The lowest BCUT2D eigenvalue weighted by Gasteiger charge is -2.06. The monoisotopic (exact) mass is 273 g/mol. The molecule has 0 radical (unpaired) electrons. The molecule has 0 fully saturated rings. The number of aromatic nitrogens is 1. The van der Waals surface area contributed by atoms with E-state index in [1.165, 1.54) is 0 Å². The molecule has 0 saturated carbocycles. The van der Waals surface area contributed by atoms with Crippen molar-refractivity contribution in [2.45, 2.75) is 33.1 Å². The molecular weight excluding hydrogens is 254 g/mol. The molecule has 1 aromatic carbocycles. The molecule has 0 aliphatic carbocycles. The van der Waals surface area contributed by atoms with Gasteiger partial charge in [0.15, 0.2) is 0 Å². The normalized spacial score (nSPS) is 11.2. The minimum absolute atomic E-state index is 0.0608. The smallest absolute Gasteiger partial charge is 0.303 e. The molecule has 2 rings (SSSR count). The Kier molecular flexibility index (Phi) is 4.23. The van der Waals surface area contributed by atoms with Crippen LogP contribution in [0.15, 0.2) is 30.5 Å². The Balaban J connectivity index is 2.35. The first kappa shape index (κ1) is 14.3. The van der Waals surface area contributed by atoms with Crippen molar-refractivity contribution in [2.24, 2.45) is 5.92 Å². The van der Waals surface area contributed by atoms with Crippen molar-refractivity contribution < 1.29 is 14.7 Å². The van der Waals surface area contributed by atoms with Gasteiger partial charge >= 0.3 is 5.97 Å². The van der Waals surface area contributed by atoms with Crippen LogP contribution >= 0.6 is 0 Å². The molecule has 0 unspecified atom stereocenters. The largest absolute Gasteiger partial charge is 0.481 e. The minimum atomic E-state index is -0.785. The summed E-state index contributed by atoms with van der Waals surface area (Å²) < 4.78 is 1.69. The van der Waals surface area contributed by atoms with Crippen LogP contribution in [0.25, 0.3) is 10.9 Å². The number of aryl methyl sites for hydroxylation is 1. The van der Waals surface area contributed by atoms with E-state index in [1.807, 2.05) is 44.3 Å². The molecule has 0 aliphatic rings. The average Bonchev–Trinajstić information content (AvgIpc) is 2.77. The standard InChI is InChI=1S/C16H19NO3/c1-11(2)16(20)17-10-12(6-5-9-15(18)19)13-7-3-4-8-14(13)17/h3-4,7-8,10-11H,5-6,9H2,1-2H3,(H,18,19). The van der Waals surface area contributed by atoms with Crippen LogP contribution in [0.1, 0.15) is 37.0 Å². The molecule has 4 heteroatoms. The SMILES string of the molecule is CC(C)C(=O)n1cc(CCCC(=O)O)c2ccccc21. The van der Waals surface area contributed by atoms with Gasteiger partial charge in [-0.05, 0) is 24.5 Å². The number of aliphatic carboxylic acids is 1. The van der Waals surface area contributed by atoms with E-state index in [4.69, 9.17) is 5.11 Å². The zero-order valence-corrected chi connectivity index (χ0v) is 11.8. The molecule has 4 nitrogen and oxygen atoms in total. The van der Waals surface area contributed by atoms with E-state index < -0.39 is 5.97 Å². The van der Waals surface area contributed by atoms with E-state index in [9.17, 15) is 9.59 Å². The van der Waals surface area contributed by atoms with Gasteiger partial charge in [-0.25, -0.2) is 0 Å². The number of benzene rings is 1. The first-order valence-corrected chi connectivity index (χ1v) is 6.85. The molecule has 106 valence electrons. The molecule has 0 atom stereocenters. The fraction of sp³-hybridized carbons (Fsp3) is 0.375. The molecule has 2 aromatic rings. The van der Waals surface area contributed by atoms with Crippen LogP contribution < -0.4 is 0 Å². The summed E-state index contributed by atoms with van der Waals surface area (Å²) in [4.78, 5) is 22.8. The first-order valence-electron chi connectivity index (χ1n) is 6.85. The lowest BCUT2D eigenvalue weighted by atomic mass is 10.1. The van der Waals surface area contributed by atoms with Crippen molar-refractivity contribution in [2.75, 3.05) is 0 Å². The Morgan fingerprint density at radius 2 is 1.95 bits per heavy atom. The summed E-state index contributed by atoms with van der Waals surface area (Å²) in [6.07, 6.45) is 3.26. The van der Waals surface area contributed by atoms with Crippen LogP contribution in [0, 0.1) is 5.92 Å². The molecule has 0 amide bonds. The minimum Gasteiger partial charge on any atom is -0.481 e. The lowest BCUT2D eigenvalue weighted by Crippen LogP contribution is -2.15. The fourth-order valence-corrected chi connectivity index (χ4v) is 2.34. The second kappa shape index (κ2) is 5.90. The average molecular weight is 273 g/mol. The van der Waals surface area contributed by atoms with Gasteiger partial charge < -0.3 is 5.11 Å². The number of carboxylic acids is 1. The maximum absolute atomic E-state index is 12.2. The summed E-state index contributed by atoms with van der Waals surface area (Å²) >= 11 is 0. The fourth-order valence-electron chi connectivity index (χ4n) is 2.34. The van der Waals surface area contributed by atoms with Gasteiger partial charge in [-0.15, -0.1) is 0 Å². The first-order chi connectivity index (χ1) is 9.50. The quantitative estimate of drug-likeness (QED) is 0.908. The summed E-state index contributed by atoms with van der Waals surface area (Å²) in [5, 5.41) is 9.75. The van der Waals surface area contributed by atoms with Gasteiger partial charge in [0.1, 0.15) is 0 Å². The summed E-state index contributed by atoms with van der Waals surface area (Å²) in [5.74, 6) is -0.796. The number of carbonyl (C=O) groups is 2. The Bertz CT molecular complexity index is 640. The van der Waals surface area contributed by atoms with Gasteiger partial charge in [0.05, 0.1) is 5.52 Å². The molecule has 1 N–H and O–H groups in total. The number of carboxylic acid groups (broad SMARTS) is 1. The van der Waals surface area contributed by atoms with Crippen LogP contribution in [-0.4, -0.2) is 21.6 Å². The van der Waals surface area contributed by atoms with Gasteiger partial charge in [-0.2, -0.15) is 0 Å². The molecule has 0 saturated heterocycles. The number of hydrogen-bond acceptors (Lipinski definition) is 2. The maximum Gasteiger partial charge on any atom is 0.303 e. The van der Waals surface area contributed by atoms with Crippen molar-refractivity contribution in [3.63, 3.8) is 0 Å². The maximum atomic E-state index is 12.2. The van der Waals surface area contributed by atoms with Gasteiger partial charge in [-0.3, -0.25) is 14.2 Å². The van der Waals surface area contributed by atoms with E-state index in [1.54, 1.807) is 4.57 Å². The van der Waals surface area contributed by atoms with Crippen molar-refractivity contribution in [3.05, 3.63) is 36.0 Å². The highest BCUT2D eigenvalue weighted by atomic mass is 16.4. The third kappa shape index (κ3) is 2.90. The number of para-hydroxylation sites is 1. The van der Waals surface area contributed by atoms with E-state index >= 15 is 0 Å². The number of fused-ring (bicyclic) bond motifs is 1. The van der Waals surface area contributed by atoms with E-state index in [2.05, 4.69) is 0 Å². The van der Waals surface area contributed by atoms with Gasteiger partial charge in [0.2, 0.25) is 5.91 Å². The Labute approximate surface area is 118 Å². The van der Waals surface area contributed by atoms with Gasteiger partial charge in [-0.1, -0.05) is 32.0 Å². The lowest BCUT2D eigenvalue weighted by molar-refractivity contribution is -0.137. The third-order valence-electron chi connectivity index (χ3n) is 3.36. The molecule has 1 aromatic heterocycles. The van der Waals surface area contributed by atoms with Crippen LogP contribution in [0.4, 0.5) is 0 Å². The highest BCUT2D eigenvalue weighted by molar-refractivity contribution is 5.95. The molecule has 0 aliphatic heterocycles. The summed E-state index contributed by atoms with van der Waals surface area (Å²) in [6.45, 7) is 3.75. The third-order valence-corrected chi connectivity index (χ3v) is 3.36. The Hall–Kier alpha value is -2.10. The highest BCUT2D eigenvalue weighted by Crippen LogP contribution is 2.23. The predicted molar refractivity (Wildman–Crippen MR) is 78.0 cm³/mol. The molecule has 0 spiro atoms. The van der Waals surface area contributed by atoms with Gasteiger partial charge in [0.25, 0.3) is 0 Å². The Morgan fingerprint density at radius 3 is 2.60 bits per heavy atom. The number of rotatable bonds is 5. The molecule has 1 heterocycles. The predicted octanol–water partition coefficient (Wildman–Crippen LogP) is 3.34. The van der Waals surface area contributed by atoms with Crippen LogP contribution in [0.3, 0.4) is 0 Å². The zero-order valence-electron chi connectivity index (χ0n) is 11.8. The number of nitrogens with zero attached hydrogens (tertiary/aromatic N) is 1.